The summed E-state index contributed by atoms with van der Waals surface area (Å²) in [4.78, 5) is 27.5. The van der Waals surface area contributed by atoms with Gasteiger partial charge in [-0.1, -0.05) is 32.9 Å². The molecule has 5 rings (SSSR count). The molecule has 1 unspecified atom stereocenters. The zero-order valence-corrected chi connectivity index (χ0v) is 24.3. The van der Waals surface area contributed by atoms with Crippen molar-refractivity contribution < 1.29 is 19.0 Å². The largest absolute Gasteiger partial charge is 0.382 e. The van der Waals surface area contributed by atoms with Crippen molar-refractivity contribution in [1.29, 1.82) is 0 Å². The van der Waals surface area contributed by atoms with E-state index in [2.05, 4.69) is 65.1 Å². The van der Waals surface area contributed by atoms with Crippen molar-refractivity contribution in [1.82, 2.24) is 24.4 Å². The summed E-state index contributed by atoms with van der Waals surface area (Å²) < 4.78 is 20.9. The number of nitrogens with two attached hydrogens (primary N) is 1. The Hall–Kier alpha value is -3.12. The number of hydrogen-bond acceptors (Lipinski definition) is 9. The second-order valence-electron chi connectivity index (χ2n) is 12.3. The highest BCUT2D eigenvalue weighted by Crippen LogP contribution is 2.44. The summed E-state index contributed by atoms with van der Waals surface area (Å²) in [5, 5.41) is 3.01. The van der Waals surface area contributed by atoms with Gasteiger partial charge in [-0.25, -0.2) is 15.0 Å². The van der Waals surface area contributed by atoms with E-state index < -0.39 is 12.0 Å². The van der Waals surface area contributed by atoms with Crippen molar-refractivity contribution in [2.45, 2.75) is 89.6 Å². The van der Waals surface area contributed by atoms with Gasteiger partial charge in [-0.05, 0) is 63.4 Å². The third-order valence-corrected chi connectivity index (χ3v) is 7.51. The molecular weight excluding hydrogens is 510 g/mol. The maximum Gasteiger partial charge on any atom is 0.224 e. The van der Waals surface area contributed by atoms with Gasteiger partial charge in [0.15, 0.2) is 23.5 Å². The number of amides is 1. The Labute approximate surface area is 235 Å². The van der Waals surface area contributed by atoms with E-state index in [-0.39, 0.29) is 29.6 Å². The van der Waals surface area contributed by atoms with E-state index in [1.165, 1.54) is 11.9 Å². The van der Waals surface area contributed by atoms with E-state index in [0.717, 1.165) is 25.1 Å². The summed E-state index contributed by atoms with van der Waals surface area (Å²) in [6, 6.07) is 8.09. The molecule has 11 heteroatoms. The number of carbonyl (C=O) groups is 1. The minimum absolute atomic E-state index is 0.0340. The summed E-state index contributed by atoms with van der Waals surface area (Å²) >= 11 is 0. The van der Waals surface area contributed by atoms with Crippen molar-refractivity contribution in [2.24, 2.45) is 0 Å². The first kappa shape index (κ1) is 28.4. The molecule has 11 nitrogen and oxygen atoms in total. The Morgan fingerprint density at radius 2 is 1.82 bits per heavy atom. The van der Waals surface area contributed by atoms with Crippen LogP contribution in [0, 0.1) is 0 Å². The lowest BCUT2D eigenvalue weighted by atomic mass is 9.87. The monoisotopic (exact) mass is 551 g/mol. The van der Waals surface area contributed by atoms with Crippen LogP contribution in [0.15, 0.2) is 36.9 Å². The molecular formula is C29H41N7O4. The van der Waals surface area contributed by atoms with Gasteiger partial charge in [0.1, 0.15) is 30.2 Å². The van der Waals surface area contributed by atoms with Crippen LogP contribution in [-0.4, -0.2) is 74.6 Å². The number of carbonyl (C=O) groups excluding carboxylic acids is 1. The third kappa shape index (κ3) is 6.12. The van der Waals surface area contributed by atoms with Gasteiger partial charge in [0, 0.05) is 18.7 Å². The van der Waals surface area contributed by atoms with Crippen molar-refractivity contribution in [3.8, 4) is 0 Å². The second kappa shape index (κ2) is 11.0. The maximum absolute atomic E-state index is 12.5. The molecule has 2 fully saturated rings. The fourth-order valence-electron chi connectivity index (χ4n) is 5.43. The lowest BCUT2D eigenvalue weighted by Gasteiger charge is -2.27. The van der Waals surface area contributed by atoms with Crippen LogP contribution >= 0.6 is 0 Å². The molecule has 1 aromatic carbocycles. The number of imidazole rings is 1. The minimum Gasteiger partial charge on any atom is -0.382 e. The van der Waals surface area contributed by atoms with Crippen molar-refractivity contribution in [2.75, 3.05) is 31.2 Å². The first-order valence-corrected chi connectivity index (χ1v) is 13.9. The molecule has 0 aliphatic carbocycles. The highest BCUT2D eigenvalue weighted by molar-refractivity contribution is 5.90. The molecule has 4 heterocycles. The van der Waals surface area contributed by atoms with Gasteiger partial charge in [0.05, 0.1) is 6.33 Å². The number of fused-ring (bicyclic) bond motifs is 2. The van der Waals surface area contributed by atoms with E-state index in [9.17, 15) is 4.79 Å². The molecule has 3 N–H and O–H groups in total. The van der Waals surface area contributed by atoms with Crippen LogP contribution in [0.5, 0.6) is 0 Å². The number of ether oxygens (including phenoxy) is 3. The number of rotatable bonds is 9. The molecule has 40 heavy (non-hydrogen) atoms. The number of nitrogens with one attached hydrogen (secondary N) is 1. The van der Waals surface area contributed by atoms with Gasteiger partial charge in [0.2, 0.25) is 5.91 Å². The molecule has 2 aliphatic heterocycles. The van der Waals surface area contributed by atoms with Crippen molar-refractivity contribution in [3.05, 3.63) is 42.5 Å². The Bertz CT molecular complexity index is 1330. The number of aromatic nitrogens is 4. The van der Waals surface area contributed by atoms with Crippen molar-refractivity contribution >= 4 is 28.6 Å². The number of benzene rings is 1. The zero-order valence-electron chi connectivity index (χ0n) is 24.3. The average Bonchev–Trinajstić information content (AvgIpc) is 3.54. The molecule has 0 spiro atoms. The number of nitrogen functional groups attached to an aromatic ring is 1. The number of unbranched alkanes of at least 4 members (excludes halogenated alkanes) is 1. The Morgan fingerprint density at radius 1 is 1.10 bits per heavy atom. The molecule has 3 aromatic rings. The van der Waals surface area contributed by atoms with E-state index in [4.69, 9.17) is 19.9 Å². The molecule has 216 valence electrons. The first-order chi connectivity index (χ1) is 18.9. The van der Waals surface area contributed by atoms with Crippen LogP contribution in [-0.2, 0) is 24.4 Å². The maximum atomic E-state index is 12.5. The summed E-state index contributed by atoms with van der Waals surface area (Å²) in [6.07, 6.45) is 4.04. The van der Waals surface area contributed by atoms with Gasteiger partial charge >= 0.3 is 0 Å². The highest BCUT2D eigenvalue weighted by atomic mass is 16.8. The average molecular weight is 552 g/mol. The Kier molecular flexibility index (Phi) is 7.84. The van der Waals surface area contributed by atoms with Gasteiger partial charge < -0.3 is 30.2 Å². The molecule has 4 atom stereocenters. The Morgan fingerprint density at radius 3 is 2.55 bits per heavy atom. The SMILES string of the molecule is CN(CCCCC(=O)Nc1ccc(C(C)(C)C)cc1)C[C@H]1OC(n2cnc3c(N)ncnc32)[C@@H]2OC(C)(C)O[C@H]12. The number of nitrogens with zero attached hydrogens (tertiary/aromatic N) is 5. The van der Waals surface area contributed by atoms with Gasteiger partial charge in [0.25, 0.3) is 0 Å². The smallest absolute Gasteiger partial charge is 0.224 e. The number of likely N-dealkylation sites (N-methyl/N-ethyl adjacent to an activating group) is 1. The summed E-state index contributed by atoms with van der Waals surface area (Å²) in [6.45, 7) is 11.9. The lowest BCUT2D eigenvalue weighted by Crippen LogP contribution is -2.38. The zero-order chi connectivity index (χ0) is 28.7. The van der Waals surface area contributed by atoms with Crippen LogP contribution < -0.4 is 11.1 Å². The Balaban J connectivity index is 1.12. The number of hydrogen-bond donors (Lipinski definition) is 2. The van der Waals surface area contributed by atoms with Gasteiger partial charge in [-0.3, -0.25) is 9.36 Å². The topological polar surface area (TPSA) is 130 Å². The predicted molar refractivity (Wildman–Crippen MR) is 153 cm³/mol. The lowest BCUT2D eigenvalue weighted by molar-refractivity contribution is -0.197. The predicted octanol–water partition coefficient (Wildman–Crippen LogP) is 3.86. The highest BCUT2D eigenvalue weighted by Gasteiger charge is 2.56. The first-order valence-electron chi connectivity index (χ1n) is 13.9. The fourth-order valence-corrected chi connectivity index (χ4v) is 5.43. The normalized spacial score (nSPS) is 24.1. The quantitative estimate of drug-likeness (QED) is 0.381. The van der Waals surface area contributed by atoms with E-state index in [1.54, 1.807) is 6.33 Å². The van der Waals surface area contributed by atoms with Crippen LogP contribution in [0.1, 0.15) is 65.7 Å². The number of anilines is 2. The summed E-state index contributed by atoms with van der Waals surface area (Å²) in [5.41, 5.74) is 9.29. The minimum atomic E-state index is -0.723. The van der Waals surface area contributed by atoms with E-state index >= 15 is 0 Å². The van der Waals surface area contributed by atoms with Gasteiger partial charge in [-0.15, -0.1) is 0 Å². The van der Waals surface area contributed by atoms with E-state index in [1.807, 2.05) is 30.5 Å². The van der Waals surface area contributed by atoms with E-state index in [0.29, 0.717) is 29.9 Å². The molecule has 2 saturated heterocycles. The second-order valence-corrected chi connectivity index (χ2v) is 12.3. The molecule has 2 aliphatic rings. The molecule has 2 aromatic heterocycles. The van der Waals surface area contributed by atoms with Crippen LogP contribution in [0.2, 0.25) is 0 Å². The molecule has 0 bridgehead atoms. The standard InChI is InChI=1S/C29H41N7O4/c1-28(2,3)18-10-12-19(13-11-18)34-21(37)9-7-8-14-35(6)15-20-23-24(40-29(4,5)39-23)27(38-20)36-17-33-22-25(30)31-16-32-26(22)36/h10-13,16-17,20,23-24,27H,7-9,14-15H2,1-6H3,(H,34,37)(H2,30,31,32)/t20-,23-,24-,27?/m1/s1. The van der Waals surface area contributed by atoms with Crippen LogP contribution in [0.4, 0.5) is 11.5 Å². The van der Waals surface area contributed by atoms with Crippen LogP contribution in [0.25, 0.3) is 11.2 Å². The van der Waals surface area contributed by atoms with Crippen LogP contribution in [0.3, 0.4) is 0 Å². The molecule has 1 amide bonds. The van der Waals surface area contributed by atoms with Gasteiger partial charge in [-0.2, -0.15) is 0 Å². The fraction of sp³-hybridized carbons (Fsp3) is 0.586. The summed E-state index contributed by atoms with van der Waals surface area (Å²) in [7, 11) is 2.06. The third-order valence-electron chi connectivity index (χ3n) is 7.51. The summed E-state index contributed by atoms with van der Waals surface area (Å²) in [5.74, 6) is -0.365. The molecule has 0 radical (unpaired) electrons. The van der Waals surface area contributed by atoms with Crippen molar-refractivity contribution in [3.63, 3.8) is 0 Å². The molecule has 0 saturated carbocycles.